The summed E-state index contributed by atoms with van der Waals surface area (Å²) in [6.45, 7) is 2.11. The molecule has 2 heterocycles. The van der Waals surface area contributed by atoms with E-state index >= 15 is 0 Å². The molecule has 41 heavy (non-hydrogen) atoms. The van der Waals surface area contributed by atoms with Crippen molar-refractivity contribution in [2.75, 3.05) is 7.11 Å². The van der Waals surface area contributed by atoms with E-state index in [1.165, 1.54) is 18.4 Å². The van der Waals surface area contributed by atoms with Crippen molar-refractivity contribution in [3.05, 3.63) is 144 Å². The molecule has 1 aliphatic rings. The van der Waals surface area contributed by atoms with E-state index in [1.54, 1.807) is 11.5 Å². The molecule has 0 N–H and O–H groups in total. The maximum absolute atomic E-state index is 14.1. The van der Waals surface area contributed by atoms with E-state index in [2.05, 4.69) is 4.99 Å². The summed E-state index contributed by atoms with van der Waals surface area (Å²) in [5.41, 5.74) is 3.19. The van der Waals surface area contributed by atoms with Crippen LogP contribution in [0.25, 0.3) is 16.8 Å². The fourth-order valence-electron chi connectivity index (χ4n) is 5.07. The number of rotatable bonds is 6. The number of benzene rings is 4. The summed E-state index contributed by atoms with van der Waals surface area (Å²) in [5.74, 6) is 0.136. The van der Waals surface area contributed by atoms with E-state index in [-0.39, 0.29) is 5.56 Å². The number of carbonyl (C=O) groups excluding carboxylic acids is 1. The van der Waals surface area contributed by atoms with E-state index in [9.17, 15) is 9.59 Å². The third-order valence-corrected chi connectivity index (χ3v) is 8.29. The van der Waals surface area contributed by atoms with Gasteiger partial charge in [-0.25, -0.2) is 9.79 Å². The van der Waals surface area contributed by atoms with Gasteiger partial charge in [-0.05, 0) is 53.1 Å². The minimum Gasteiger partial charge on any atom is -0.488 e. The first-order valence-electron chi connectivity index (χ1n) is 13.0. The number of nitrogens with zero attached hydrogens (tertiary/aromatic N) is 2. The molecule has 204 valence electrons. The van der Waals surface area contributed by atoms with Gasteiger partial charge in [-0.3, -0.25) is 9.36 Å². The van der Waals surface area contributed by atoms with Gasteiger partial charge in [0.15, 0.2) is 4.80 Å². The summed E-state index contributed by atoms with van der Waals surface area (Å²) in [5, 5.41) is 2.64. The molecule has 8 heteroatoms. The molecule has 6 nitrogen and oxygen atoms in total. The van der Waals surface area contributed by atoms with Gasteiger partial charge in [-0.2, -0.15) is 0 Å². The lowest BCUT2D eigenvalue weighted by atomic mass is 9.96. The SMILES string of the molecule is COC(=O)C1=C(C)N=c2sc(=Cc3c(OCc4ccc(Cl)cc4)ccc4ccccc34)c(=O)n2C1c1ccccc1. The molecule has 0 aliphatic carbocycles. The van der Waals surface area contributed by atoms with Gasteiger partial charge in [0.2, 0.25) is 0 Å². The number of thiazole rings is 1. The molecule has 1 aliphatic heterocycles. The van der Waals surface area contributed by atoms with Gasteiger partial charge in [0.1, 0.15) is 12.4 Å². The van der Waals surface area contributed by atoms with Gasteiger partial charge in [0.05, 0.1) is 29.0 Å². The molecule has 4 aromatic carbocycles. The van der Waals surface area contributed by atoms with Crippen LogP contribution in [0.15, 0.2) is 112 Å². The van der Waals surface area contributed by atoms with E-state index in [0.29, 0.717) is 38.0 Å². The number of methoxy groups -OCH3 is 1. The largest absolute Gasteiger partial charge is 0.488 e. The van der Waals surface area contributed by atoms with Crippen LogP contribution in [0, 0.1) is 0 Å². The van der Waals surface area contributed by atoms with Crippen molar-refractivity contribution in [1.82, 2.24) is 4.57 Å². The van der Waals surface area contributed by atoms with E-state index in [1.807, 2.05) is 97.1 Å². The smallest absolute Gasteiger partial charge is 0.338 e. The van der Waals surface area contributed by atoms with Gasteiger partial charge < -0.3 is 9.47 Å². The lowest BCUT2D eigenvalue weighted by Crippen LogP contribution is -2.39. The predicted molar refractivity (Wildman–Crippen MR) is 162 cm³/mol. The minimum atomic E-state index is -0.657. The highest BCUT2D eigenvalue weighted by Crippen LogP contribution is 2.32. The van der Waals surface area contributed by atoms with Crippen molar-refractivity contribution in [2.24, 2.45) is 4.99 Å². The Balaban J connectivity index is 1.52. The molecular formula is C33H25ClN2O4S. The summed E-state index contributed by atoms with van der Waals surface area (Å²) in [7, 11) is 1.34. The molecule has 0 spiro atoms. The highest BCUT2D eigenvalue weighted by atomic mass is 35.5. The Morgan fingerprint density at radius 2 is 1.73 bits per heavy atom. The number of hydrogen-bond acceptors (Lipinski definition) is 6. The van der Waals surface area contributed by atoms with Crippen LogP contribution in [-0.2, 0) is 16.1 Å². The normalized spacial score (nSPS) is 15.0. The molecule has 0 amide bonds. The number of carbonyl (C=O) groups is 1. The fraction of sp³-hybridized carbons (Fsp3) is 0.121. The van der Waals surface area contributed by atoms with Crippen LogP contribution in [-0.4, -0.2) is 17.6 Å². The number of allylic oxidation sites excluding steroid dienone is 1. The van der Waals surface area contributed by atoms with Gasteiger partial charge in [0, 0.05) is 10.6 Å². The van der Waals surface area contributed by atoms with Crippen LogP contribution in [0.2, 0.25) is 5.02 Å². The van der Waals surface area contributed by atoms with Crippen LogP contribution in [0.3, 0.4) is 0 Å². The zero-order chi connectivity index (χ0) is 28.5. The van der Waals surface area contributed by atoms with Crippen LogP contribution in [0.4, 0.5) is 0 Å². The Kier molecular flexibility index (Phi) is 7.30. The van der Waals surface area contributed by atoms with Crippen molar-refractivity contribution >= 4 is 45.8 Å². The summed E-state index contributed by atoms with van der Waals surface area (Å²) in [6.07, 6.45) is 1.86. The van der Waals surface area contributed by atoms with Gasteiger partial charge >= 0.3 is 5.97 Å². The lowest BCUT2D eigenvalue weighted by Gasteiger charge is -2.24. The Morgan fingerprint density at radius 1 is 1.00 bits per heavy atom. The summed E-state index contributed by atoms with van der Waals surface area (Å²) in [6, 6.07) is 28.2. The van der Waals surface area contributed by atoms with Crippen LogP contribution >= 0.6 is 22.9 Å². The van der Waals surface area contributed by atoms with Gasteiger partial charge in [0.25, 0.3) is 5.56 Å². The molecule has 1 unspecified atom stereocenters. The summed E-state index contributed by atoms with van der Waals surface area (Å²) < 4.78 is 13.5. The minimum absolute atomic E-state index is 0.243. The van der Waals surface area contributed by atoms with Crippen molar-refractivity contribution in [1.29, 1.82) is 0 Å². The average molecular weight is 581 g/mol. The van der Waals surface area contributed by atoms with Crippen LogP contribution in [0.5, 0.6) is 5.75 Å². The number of aromatic nitrogens is 1. The molecular weight excluding hydrogens is 556 g/mol. The highest BCUT2D eigenvalue weighted by Gasteiger charge is 2.33. The maximum Gasteiger partial charge on any atom is 0.338 e. The number of hydrogen-bond donors (Lipinski definition) is 0. The van der Waals surface area contributed by atoms with Crippen molar-refractivity contribution in [2.45, 2.75) is 19.6 Å². The summed E-state index contributed by atoms with van der Waals surface area (Å²) in [4.78, 5) is 32.2. The Labute approximate surface area is 245 Å². The van der Waals surface area contributed by atoms with Gasteiger partial charge in [-0.1, -0.05) is 95.7 Å². The standard InChI is InChI=1S/C33H25ClN2O4S/c1-20-29(32(38)39-2)30(23-9-4-3-5-10-23)36-31(37)28(41-33(36)35-20)18-26-25-11-7-6-8-22(25)14-17-27(26)40-19-21-12-15-24(34)16-13-21/h3-18,30H,19H2,1-2H3. The highest BCUT2D eigenvalue weighted by molar-refractivity contribution is 7.07. The van der Waals surface area contributed by atoms with Crippen molar-refractivity contribution in [3.63, 3.8) is 0 Å². The number of ether oxygens (including phenoxy) is 2. The second-order valence-electron chi connectivity index (χ2n) is 9.60. The molecule has 0 saturated carbocycles. The first kappa shape index (κ1) is 26.7. The first-order chi connectivity index (χ1) is 19.9. The van der Waals surface area contributed by atoms with Crippen molar-refractivity contribution < 1.29 is 14.3 Å². The lowest BCUT2D eigenvalue weighted by molar-refractivity contribution is -0.136. The number of fused-ring (bicyclic) bond motifs is 2. The van der Waals surface area contributed by atoms with Crippen LogP contribution < -0.4 is 19.6 Å². The predicted octanol–water partition coefficient (Wildman–Crippen LogP) is 5.79. The van der Waals surface area contributed by atoms with Gasteiger partial charge in [-0.15, -0.1) is 0 Å². The Hall–Kier alpha value is -4.46. The zero-order valence-electron chi connectivity index (χ0n) is 22.3. The van der Waals surface area contributed by atoms with Crippen LogP contribution in [0.1, 0.15) is 29.7 Å². The molecule has 0 saturated heterocycles. The van der Waals surface area contributed by atoms with Crippen molar-refractivity contribution in [3.8, 4) is 5.75 Å². The second-order valence-corrected chi connectivity index (χ2v) is 11.0. The Morgan fingerprint density at radius 3 is 2.49 bits per heavy atom. The first-order valence-corrected chi connectivity index (χ1v) is 14.2. The molecule has 0 bridgehead atoms. The van der Waals surface area contributed by atoms with E-state index in [4.69, 9.17) is 21.1 Å². The molecule has 1 aromatic heterocycles. The Bertz CT molecular complexity index is 1990. The molecule has 0 fully saturated rings. The summed E-state index contributed by atoms with van der Waals surface area (Å²) >= 11 is 7.33. The number of esters is 1. The van der Waals surface area contributed by atoms with E-state index < -0.39 is 12.0 Å². The monoisotopic (exact) mass is 580 g/mol. The average Bonchev–Trinajstić information content (AvgIpc) is 3.30. The quantitative estimate of drug-likeness (QED) is 0.238. The second kappa shape index (κ2) is 11.2. The fourth-order valence-corrected chi connectivity index (χ4v) is 6.22. The maximum atomic E-state index is 14.1. The third kappa shape index (κ3) is 5.10. The number of halogens is 1. The zero-order valence-corrected chi connectivity index (χ0v) is 23.9. The van der Waals surface area contributed by atoms with E-state index in [0.717, 1.165) is 27.5 Å². The molecule has 6 rings (SSSR count). The topological polar surface area (TPSA) is 69.9 Å². The molecule has 5 aromatic rings. The molecule has 1 atom stereocenters. The molecule has 0 radical (unpaired) electrons. The third-order valence-electron chi connectivity index (χ3n) is 7.06.